The van der Waals surface area contributed by atoms with Gasteiger partial charge in [-0.25, -0.2) is 4.98 Å². The van der Waals surface area contributed by atoms with E-state index in [1.807, 2.05) is 12.3 Å². The summed E-state index contributed by atoms with van der Waals surface area (Å²) in [6, 6.07) is 4.03. The molecule has 2 N–H and O–H groups in total. The van der Waals surface area contributed by atoms with Gasteiger partial charge in [0.25, 0.3) is 0 Å². The maximum absolute atomic E-state index is 9.16. The Hall–Kier alpha value is -2.25. The summed E-state index contributed by atoms with van der Waals surface area (Å²) in [6.07, 6.45) is 6.90. The molecule has 7 nitrogen and oxygen atoms in total. The molecule has 1 fully saturated rings. The van der Waals surface area contributed by atoms with Crippen molar-refractivity contribution in [2.75, 3.05) is 50.1 Å². The molecule has 0 spiro atoms. The zero-order chi connectivity index (χ0) is 17.9. The van der Waals surface area contributed by atoms with Crippen molar-refractivity contribution in [1.82, 2.24) is 19.9 Å². The predicted molar refractivity (Wildman–Crippen MR) is 102 cm³/mol. The molecule has 0 radical (unpaired) electrons. The second kappa shape index (κ2) is 7.55. The Morgan fingerprint density at radius 3 is 2.81 bits per heavy atom. The fourth-order valence-electron chi connectivity index (χ4n) is 3.91. The van der Waals surface area contributed by atoms with Crippen molar-refractivity contribution in [3.8, 4) is 0 Å². The van der Waals surface area contributed by atoms with E-state index in [1.54, 1.807) is 6.20 Å². The lowest BCUT2D eigenvalue weighted by molar-refractivity contribution is 0.253. The lowest BCUT2D eigenvalue weighted by Crippen LogP contribution is -2.30. The van der Waals surface area contributed by atoms with Crippen LogP contribution in [0.2, 0.25) is 0 Å². The molecule has 7 heteroatoms. The zero-order valence-electron chi connectivity index (χ0n) is 15.2. The number of anilines is 3. The first-order valence-corrected chi connectivity index (χ1v) is 9.38. The van der Waals surface area contributed by atoms with Crippen LogP contribution >= 0.6 is 0 Å². The molecule has 138 valence electrons. The summed E-state index contributed by atoms with van der Waals surface area (Å²) in [5.41, 5.74) is 3.53. The third kappa shape index (κ3) is 3.37. The van der Waals surface area contributed by atoms with Crippen LogP contribution < -0.4 is 10.2 Å². The molecule has 4 rings (SSSR count). The van der Waals surface area contributed by atoms with E-state index in [0.29, 0.717) is 18.4 Å². The first-order chi connectivity index (χ1) is 12.8. The van der Waals surface area contributed by atoms with Crippen molar-refractivity contribution >= 4 is 17.5 Å². The molecule has 2 aromatic heterocycles. The van der Waals surface area contributed by atoms with Gasteiger partial charge in [-0.3, -0.25) is 4.98 Å². The number of pyridine rings is 1. The van der Waals surface area contributed by atoms with Gasteiger partial charge in [0, 0.05) is 30.8 Å². The SMILES string of the molecule is CN1CCC(c2nc(NCCO)nc3c2CCN3c2cccnc2)CC1. The molecule has 0 saturated carbocycles. The molecule has 0 amide bonds. The number of piperidine rings is 1. The van der Waals surface area contributed by atoms with E-state index >= 15 is 0 Å². The van der Waals surface area contributed by atoms with Crippen molar-refractivity contribution in [2.24, 2.45) is 0 Å². The van der Waals surface area contributed by atoms with E-state index in [-0.39, 0.29) is 6.61 Å². The number of aliphatic hydroxyl groups is 1. The Morgan fingerprint density at radius 2 is 2.08 bits per heavy atom. The third-order valence-corrected chi connectivity index (χ3v) is 5.32. The monoisotopic (exact) mass is 354 g/mol. The van der Waals surface area contributed by atoms with Crippen LogP contribution in [0.4, 0.5) is 17.5 Å². The average Bonchev–Trinajstić information content (AvgIpc) is 3.11. The number of likely N-dealkylation sites (tertiary alicyclic amines) is 1. The molecule has 2 aliphatic heterocycles. The number of hydrogen-bond donors (Lipinski definition) is 2. The Labute approximate surface area is 154 Å². The van der Waals surface area contributed by atoms with Crippen LogP contribution in [0.1, 0.15) is 30.0 Å². The largest absolute Gasteiger partial charge is 0.395 e. The Balaban J connectivity index is 1.71. The summed E-state index contributed by atoms with van der Waals surface area (Å²) in [6.45, 7) is 3.64. The minimum Gasteiger partial charge on any atom is -0.395 e. The second-order valence-corrected chi connectivity index (χ2v) is 7.08. The molecule has 1 saturated heterocycles. The molecule has 4 heterocycles. The predicted octanol–water partition coefficient (Wildman–Crippen LogP) is 1.78. The summed E-state index contributed by atoms with van der Waals surface area (Å²) in [4.78, 5) is 18.5. The number of fused-ring (bicyclic) bond motifs is 1. The molecule has 0 aromatic carbocycles. The van der Waals surface area contributed by atoms with Crippen molar-refractivity contribution in [3.05, 3.63) is 35.8 Å². The van der Waals surface area contributed by atoms with Crippen molar-refractivity contribution in [3.63, 3.8) is 0 Å². The Bertz CT molecular complexity index is 745. The van der Waals surface area contributed by atoms with Gasteiger partial charge in [0.15, 0.2) is 0 Å². The normalized spacial score (nSPS) is 18.2. The van der Waals surface area contributed by atoms with E-state index in [4.69, 9.17) is 15.1 Å². The summed E-state index contributed by atoms with van der Waals surface area (Å²) >= 11 is 0. The fraction of sp³-hybridized carbons (Fsp3) is 0.526. The fourth-order valence-corrected chi connectivity index (χ4v) is 3.91. The minimum absolute atomic E-state index is 0.0658. The molecule has 0 bridgehead atoms. The maximum atomic E-state index is 9.16. The van der Waals surface area contributed by atoms with Crippen molar-refractivity contribution < 1.29 is 5.11 Å². The quantitative estimate of drug-likeness (QED) is 0.847. The Morgan fingerprint density at radius 1 is 1.23 bits per heavy atom. The van der Waals surface area contributed by atoms with Crippen molar-refractivity contribution in [2.45, 2.75) is 25.2 Å². The van der Waals surface area contributed by atoms with Crippen LogP contribution in [0.25, 0.3) is 0 Å². The number of rotatable bonds is 5. The van der Waals surface area contributed by atoms with Crippen LogP contribution in [0.5, 0.6) is 0 Å². The molecule has 0 atom stereocenters. The molecule has 2 aromatic rings. The van der Waals surface area contributed by atoms with Gasteiger partial charge >= 0.3 is 0 Å². The number of nitrogens with zero attached hydrogens (tertiary/aromatic N) is 5. The van der Waals surface area contributed by atoms with Crippen LogP contribution in [0.3, 0.4) is 0 Å². The van der Waals surface area contributed by atoms with Gasteiger partial charge in [-0.2, -0.15) is 4.98 Å². The standard InChI is InChI=1S/C19H26N6O/c1-24-9-4-14(5-10-24)17-16-6-11-25(15-3-2-7-20-13-15)18(16)23-19(22-17)21-8-12-26/h2-3,7,13-14,26H,4-6,8-12H2,1H3,(H,21,22,23). The highest BCUT2D eigenvalue weighted by Gasteiger charge is 2.31. The summed E-state index contributed by atoms with van der Waals surface area (Å²) in [5.74, 6) is 2.08. The minimum atomic E-state index is 0.0658. The van der Waals surface area contributed by atoms with Crippen LogP contribution in [-0.4, -0.2) is 64.8 Å². The number of hydrogen-bond acceptors (Lipinski definition) is 7. The van der Waals surface area contributed by atoms with Crippen LogP contribution in [0, 0.1) is 0 Å². The van der Waals surface area contributed by atoms with Gasteiger partial charge in [0.05, 0.1) is 24.2 Å². The lowest BCUT2D eigenvalue weighted by atomic mass is 9.90. The van der Waals surface area contributed by atoms with Gasteiger partial charge in [0.1, 0.15) is 5.82 Å². The smallest absolute Gasteiger partial charge is 0.224 e. The highest BCUT2D eigenvalue weighted by Crippen LogP contribution is 2.39. The molecule has 2 aliphatic rings. The number of aliphatic hydroxyl groups excluding tert-OH is 1. The van der Waals surface area contributed by atoms with E-state index in [2.05, 4.69) is 33.2 Å². The highest BCUT2D eigenvalue weighted by molar-refractivity contribution is 5.68. The summed E-state index contributed by atoms with van der Waals surface area (Å²) < 4.78 is 0. The second-order valence-electron chi connectivity index (χ2n) is 7.08. The van der Waals surface area contributed by atoms with E-state index in [0.717, 1.165) is 50.4 Å². The summed E-state index contributed by atoms with van der Waals surface area (Å²) in [7, 11) is 2.18. The third-order valence-electron chi connectivity index (χ3n) is 5.32. The number of nitrogens with one attached hydrogen (secondary N) is 1. The average molecular weight is 354 g/mol. The van der Waals surface area contributed by atoms with Gasteiger partial charge in [0.2, 0.25) is 5.95 Å². The molecular weight excluding hydrogens is 328 g/mol. The molecular formula is C19H26N6O. The molecule has 26 heavy (non-hydrogen) atoms. The summed E-state index contributed by atoms with van der Waals surface area (Å²) in [5, 5.41) is 12.3. The van der Waals surface area contributed by atoms with E-state index in [9.17, 15) is 0 Å². The zero-order valence-corrected chi connectivity index (χ0v) is 15.2. The highest BCUT2D eigenvalue weighted by atomic mass is 16.3. The molecule has 0 unspecified atom stereocenters. The topological polar surface area (TPSA) is 77.4 Å². The van der Waals surface area contributed by atoms with Gasteiger partial charge in [-0.15, -0.1) is 0 Å². The van der Waals surface area contributed by atoms with Gasteiger partial charge in [-0.05, 0) is 51.5 Å². The van der Waals surface area contributed by atoms with Crippen molar-refractivity contribution in [1.29, 1.82) is 0 Å². The van der Waals surface area contributed by atoms with E-state index in [1.165, 1.54) is 11.3 Å². The Kier molecular flexibility index (Phi) is 4.99. The van der Waals surface area contributed by atoms with E-state index < -0.39 is 0 Å². The van der Waals surface area contributed by atoms with Gasteiger partial charge in [-0.1, -0.05) is 0 Å². The maximum Gasteiger partial charge on any atom is 0.224 e. The van der Waals surface area contributed by atoms with Crippen LogP contribution in [-0.2, 0) is 6.42 Å². The van der Waals surface area contributed by atoms with Crippen LogP contribution in [0.15, 0.2) is 24.5 Å². The van der Waals surface area contributed by atoms with Gasteiger partial charge < -0.3 is 20.2 Å². The molecule has 0 aliphatic carbocycles. The lowest BCUT2D eigenvalue weighted by Gasteiger charge is -2.30. The number of aromatic nitrogens is 3. The first-order valence-electron chi connectivity index (χ1n) is 9.38. The first kappa shape index (κ1) is 17.2.